The summed E-state index contributed by atoms with van der Waals surface area (Å²) in [4.78, 5) is 0. The summed E-state index contributed by atoms with van der Waals surface area (Å²) in [5, 5.41) is 11.1. The number of nitrogens with zero attached hydrogens (tertiary/aromatic N) is 3. The molecule has 1 aromatic carbocycles. The van der Waals surface area contributed by atoms with Gasteiger partial charge in [-0.3, -0.25) is 4.57 Å². The van der Waals surface area contributed by atoms with Gasteiger partial charge in [-0.1, -0.05) is 0 Å². The van der Waals surface area contributed by atoms with E-state index in [0.29, 0.717) is 12.1 Å². The number of hydrogen-bond donors (Lipinski definition) is 1. The van der Waals surface area contributed by atoms with E-state index in [9.17, 15) is 21.6 Å². The summed E-state index contributed by atoms with van der Waals surface area (Å²) in [5.41, 5.74) is -0.165. The van der Waals surface area contributed by atoms with Gasteiger partial charge in [0.1, 0.15) is 0 Å². The molecule has 0 fully saturated rings. The zero-order valence-electron chi connectivity index (χ0n) is 9.43. The minimum absolute atomic E-state index is 0.165. The van der Waals surface area contributed by atoms with Gasteiger partial charge in [0.05, 0.1) is 0 Å². The monoisotopic (exact) mass is 292 g/mol. The van der Waals surface area contributed by atoms with E-state index >= 15 is 0 Å². The van der Waals surface area contributed by atoms with E-state index in [1.165, 1.54) is 7.05 Å². The molecule has 0 aliphatic carbocycles. The topological polar surface area (TPSA) is 90.9 Å². The first-order chi connectivity index (χ1) is 8.71. The van der Waals surface area contributed by atoms with Crippen LogP contribution in [0.3, 0.4) is 0 Å². The van der Waals surface area contributed by atoms with Crippen molar-refractivity contribution < 1.29 is 21.6 Å². The third-order valence-electron chi connectivity index (χ3n) is 2.33. The second-order valence-electron chi connectivity index (χ2n) is 3.66. The molecule has 1 aromatic heterocycles. The zero-order valence-corrected chi connectivity index (χ0v) is 10.2. The lowest BCUT2D eigenvalue weighted by Gasteiger charge is -2.04. The molecule has 0 bridgehead atoms. The Hall–Kier alpha value is -1.94. The summed E-state index contributed by atoms with van der Waals surface area (Å²) in [5.74, 6) is -4.63. The van der Waals surface area contributed by atoms with Gasteiger partial charge in [0.15, 0.2) is 23.3 Å². The number of rotatable bonds is 2. The molecular formula is C9H7F3N4O2S. The molecule has 0 spiro atoms. The predicted molar refractivity (Wildman–Crippen MR) is 57.7 cm³/mol. The molecule has 2 rings (SSSR count). The number of nitrogens with two attached hydrogens (primary N) is 1. The second kappa shape index (κ2) is 4.31. The Morgan fingerprint density at radius 3 is 2.11 bits per heavy atom. The molecule has 6 nitrogen and oxygen atoms in total. The Morgan fingerprint density at radius 2 is 1.68 bits per heavy atom. The zero-order chi connectivity index (χ0) is 14.4. The van der Waals surface area contributed by atoms with E-state index in [1.54, 1.807) is 0 Å². The highest BCUT2D eigenvalue weighted by molar-refractivity contribution is 7.89. The van der Waals surface area contributed by atoms with Crippen molar-refractivity contribution in [3.8, 4) is 11.4 Å². The molecule has 19 heavy (non-hydrogen) atoms. The molecule has 0 aliphatic heterocycles. The van der Waals surface area contributed by atoms with Gasteiger partial charge in [-0.25, -0.2) is 26.7 Å². The first-order valence-corrected chi connectivity index (χ1v) is 6.33. The molecule has 0 saturated carbocycles. The molecule has 0 saturated heterocycles. The number of sulfonamides is 1. The molecule has 0 radical (unpaired) electrons. The molecule has 10 heteroatoms. The second-order valence-corrected chi connectivity index (χ2v) is 5.12. The van der Waals surface area contributed by atoms with Gasteiger partial charge in [0.25, 0.3) is 15.2 Å². The van der Waals surface area contributed by atoms with E-state index in [0.717, 1.165) is 4.57 Å². The van der Waals surface area contributed by atoms with Crippen molar-refractivity contribution in [2.24, 2.45) is 12.2 Å². The van der Waals surface area contributed by atoms with Crippen molar-refractivity contribution in [1.29, 1.82) is 0 Å². The molecule has 102 valence electrons. The molecule has 2 N–H and O–H groups in total. The summed E-state index contributed by atoms with van der Waals surface area (Å²) in [7, 11) is -2.88. The Bertz CT molecular complexity index is 734. The van der Waals surface area contributed by atoms with Crippen LogP contribution >= 0.6 is 0 Å². The Balaban J connectivity index is 2.65. The first-order valence-electron chi connectivity index (χ1n) is 4.79. The summed E-state index contributed by atoms with van der Waals surface area (Å²) in [6.45, 7) is 0. The maximum atomic E-state index is 13.1. The fourth-order valence-corrected chi connectivity index (χ4v) is 2.12. The average Bonchev–Trinajstić information content (AvgIpc) is 2.67. The van der Waals surface area contributed by atoms with Crippen molar-refractivity contribution in [2.45, 2.75) is 5.16 Å². The van der Waals surface area contributed by atoms with Crippen LogP contribution in [0.15, 0.2) is 17.3 Å². The highest BCUT2D eigenvalue weighted by Gasteiger charge is 2.21. The van der Waals surface area contributed by atoms with Crippen LogP contribution in [0.4, 0.5) is 13.2 Å². The van der Waals surface area contributed by atoms with Crippen LogP contribution in [0.2, 0.25) is 0 Å². The van der Waals surface area contributed by atoms with E-state index in [4.69, 9.17) is 5.14 Å². The SMILES string of the molecule is Cn1c(-c2cc(F)c(F)c(F)c2)nnc1S(N)(=O)=O. The Labute approximate surface area is 105 Å². The van der Waals surface area contributed by atoms with Gasteiger partial charge in [-0.05, 0) is 12.1 Å². The van der Waals surface area contributed by atoms with Gasteiger partial charge in [0, 0.05) is 12.6 Å². The van der Waals surface area contributed by atoms with Crippen LogP contribution < -0.4 is 5.14 Å². The van der Waals surface area contributed by atoms with E-state index in [1.807, 2.05) is 0 Å². The van der Waals surface area contributed by atoms with Crippen molar-refractivity contribution in [1.82, 2.24) is 14.8 Å². The van der Waals surface area contributed by atoms with Crippen molar-refractivity contribution in [3.63, 3.8) is 0 Å². The summed E-state index contributed by atoms with van der Waals surface area (Å²) in [6, 6.07) is 1.35. The van der Waals surface area contributed by atoms with Crippen LogP contribution in [0.5, 0.6) is 0 Å². The third-order valence-corrected chi connectivity index (χ3v) is 3.20. The number of benzene rings is 1. The largest absolute Gasteiger partial charge is 0.300 e. The summed E-state index contributed by atoms with van der Waals surface area (Å²) in [6.07, 6.45) is 0. The highest BCUT2D eigenvalue weighted by atomic mass is 32.2. The standard InChI is InChI=1S/C9H7F3N4O2S/c1-16-8(14-15-9(16)19(13,17)18)4-2-5(10)7(12)6(11)3-4/h2-3H,1H3,(H2,13,17,18). The van der Waals surface area contributed by atoms with Crippen LogP contribution in [0.25, 0.3) is 11.4 Å². The predicted octanol–water partition coefficient (Wildman–Crippen LogP) is 0.547. The molecular weight excluding hydrogens is 285 g/mol. The van der Waals surface area contributed by atoms with Crippen molar-refractivity contribution in [3.05, 3.63) is 29.6 Å². The molecule has 0 unspecified atom stereocenters. The molecule has 1 heterocycles. The Morgan fingerprint density at radius 1 is 1.16 bits per heavy atom. The lowest BCUT2D eigenvalue weighted by Crippen LogP contribution is -2.17. The van der Waals surface area contributed by atoms with Gasteiger partial charge < -0.3 is 0 Å². The molecule has 0 atom stereocenters. The summed E-state index contributed by atoms with van der Waals surface area (Å²) < 4.78 is 62.2. The quantitative estimate of drug-likeness (QED) is 0.818. The lowest BCUT2D eigenvalue weighted by molar-refractivity contribution is 0.447. The number of aromatic nitrogens is 3. The average molecular weight is 292 g/mol. The van der Waals surface area contributed by atoms with E-state index in [2.05, 4.69) is 10.2 Å². The van der Waals surface area contributed by atoms with E-state index in [-0.39, 0.29) is 11.4 Å². The fraction of sp³-hybridized carbons (Fsp3) is 0.111. The molecule has 2 aromatic rings. The smallest absolute Gasteiger partial charge is 0.273 e. The molecule has 0 amide bonds. The normalized spacial score (nSPS) is 11.8. The maximum Gasteiger partial charge on any atom is 0.273 e. The van der Waals surface area contributed by atoms with Crippen LogP contribution in [-0.4, -0.2) is 23.2 Å². The van der Waals surface area contributed by atoms with Crippen molar-refractivity contribution >= 4 is 10.0 Å². The van der Waals surface area contributed by atoms with Crippen LogP contribution in [0.1, 0.15) is 0 Å². The first kappa shape index (κ1) is 13.5. The summed E-state index contributed by atoms with van der Waals surface area (Å²) >= 11 is 0. The molecule has 0 aliphatic rings. The number of hydrogen-bond acceptors (Lipinski definition) is 4. The minimum atomic E-state index is -4.12. The van der Waals surface area contributed by atoms with Gasteiger partial charge in [-0.15, -0.1) is 10.2 Å². The van der Waals surface area contributed by atoms with Gasteiger partial charge in [0.2, 0.25) is 0 Å². The number of primary sulfonamides is 1. The third kappa shape index (κ3) is 2.31. The van der Waals surface area contributed by atoms with Gasteiger partial charge >= 0.3 is 0 Å². The minimum Gasteiger partial charge on any atom is -0.300 e. The number of halogens is 3. The highest BCUT2D eigenvalue weighted by Crippen LogP contribution is 2.23. The maximum absolute atomic E-state index is 13.1. The van der Waals surface area contributed by atoms with Crippen LogP contribution in [-0.2, 0) is 17.1 Å². The van der Waals surface area contributed by atoms with Crippen LogP contribution in [0, 0.1) is 17.5 Å². The lowest BCUT2D eigenvalue weighted by atomic mass is 10.2. The Kier molecular flexibility index (Phi) is 3.06. The van der Waals surface area contributed by atoms with Crippen molar-refractivity contribution in [2.75, 3.05) is 0 Å². The van der Waals surface area contributed by atoms with E-state index < -0.39 is 32.6 Å². The fourth-order valence-electron chi connectivity index (χ4n) is 1.50. The van der Waals surface area contributed by atoms with Gasteiger partial charge in [-0.2, -0.15) is 0 Å².